The maximum Gasteiger partial charge on any atom is 0.433 e. The number of piperazine rings is 1. The lowest BCUT2D eigenvalue weighted by Gasteiger charge is -2.41. The molecule has 8 heteroatoms. The standard InChI is InChI=1S/C20H20F3N3O2/c1-3-13-12-25(18(27)4-2)9-10-26(13)19(28)15-11-17(20(21,22)23)24-16-8-6-5-7-14(15)16/h4-8,11,13H,2-3,9-10,12H2,1H3. The Kier molecular flexibility index (Phi) is 5.40. The van der Waals surface area contributed by atoms with Gasteiger partial charge in [-0.25, -0.2) is 4.98 Å². The van der Waals surface area contributed by atoms with Crippen LogP contribution in [0.2, 0.25) is 0 Å². The lowest BCUT2D eigenvalue weighted by atomic mass is 10.0. The Labute approximate surface area is 160 Å². The fourth-order valence-electron chi connectivity index (χ4n) is 3.45. The maximum atomic E-state index is 13.3. The molecule has 2 amide bonds. The number of amides is 2. The highest BCUT2D eigenvalue weighted by molar-refractivity contribution is 6.06. The van der Waals surface area contributed by atoms with E-state index >= 15 is 0 Å². The van der Waals surface area contributed by atoms with Gasteiger partial charge in [0.2, 0.25) is 5.91 Å². The second-order valence-electron chi connectivity index (χ2n) is 6.62. The van der Waals surface area contributed by atoms with Crippen LogP contribution in [-0.2, 0) is 11.0 Å². The van der Waals surface area contributed by atoms with Crippen LogP contribution in [0.1, 0.15) is 29.4 Å². The zero-order chi connectivity index (χ0) is 20.5. The number of alkyl halides is 3. The van der Waals surface area contributed by atoms with Crippen LogP contribution in [0.15, 0.2) is 43.0 Å². The third-order valence-electron chi connectivity index (χ3n) is 4.94. The Morgan fingerprint density at radius 2 is 2.00 bits per heavy atom. The Balaban J connectivity index is 2.01. The summed E-state index contributed by atoms with van der Waals surface area (Å²) in [6, 6.07) is 6.82. The number of para-hydroxylation sites is 1. The first-order chi connectivity index (χ1) is 13.3. The maximum absolute atomic E-state index is 13.3. The van der Waals surface area contributed by atoms with Crippen molar-refractivity contribution in [1.29, 1.82) is 0 Å². The van der Waals surface area contributed by atoms with Crippen LogP contribution in [0.5, 0.6) is 0 Å². The van der Waals surface area contributed by atoms with Crippen LogP contribution in [0.4, 0.5) is 13.2 Å². The lowest BCUT2D eigenvalue weighted by molar-refractivity contribution is -0.141. The van der Waals surface area contributed by atoms with Crippen molar-refractivity contribution in [2.24, 2.45) is 0 Å². The molecule has 0 aliphatic carbocycles. The van der Waals surface area contributed by atoms with Gasteiger partial charge in [-0.15, -0.1) is 0 Å². The van der Waals surface area contributed by atoms with E-state index in [1.165, 1.54) is 12.1 Å². The fraction of sp³-hybridized carbons (Fsp3) is 0.350. The first-order valence-electron chi connectivity index (χ1n) is 8.95. The molecule has 0 N–H and O–H groups in total. The molecule has 1 aliphatic rings. The van der Waals surface area contributed by atoms with Gasteiger partial charge < -0.3 is 9.80 Å². The molecule has 1 fully saturated rings. The zero-order valence-corrected chi connectivity index (χ0v) is 15.4. The molecule has 0 spiro atoms. The van der Waals surface area contributed by atoms with Crippen molar-refractivity contribution in [3.8, 4) is 0 Å². The molecule has 1 aliphatic heterocycles. The highest BCUT2D eigenvalue weighted by Crippen LogP contribution is 2.32. The average molecular weight is 391 g/mol. The molecule has 5 nitrogen and oxygen atoms in total. The molecule has 3 rings (SSSR count). The van der Waals surface area contributed by atoms with Crippen molar-refractivity contribution in [2.75, 3.05) is 19.6 Å². The SMILES string of the molecule is C=CC(=O)N1CCN(C(=O)c2cc(C(F)(F)F)nc3ccccc23)C(CC)C1. The van der Waals surface area contributed by atoms with Gasteiger partial charge in [0.15, 0.2) is 0 Å². The van der Waals surface area contributed by atoms with Crippen LogP contribution in [0, 0.1) is 0 Å². The first-order valence-corrected chi connectivity index (χ1v) is 8.95. The number of pyridine rings is 1. The molecule has 0 saturated carbocycles. The normalized spacial score (nSPS) is 17.6. The Bertz CT molecular complexity index is 927. The minimum Gasteiger partial charge on any atom is -0.335 e. The molecule has 0 bridgehead atoms. The molecule has 1 atom stereocenters. The van der Waals surface area contributed by atoms with Gasteiger partial charge in [0.25, 0.3) is 5.91 Å². The van der Waals surface area contributed by atoms with Gasteiger partial charge in [0.05, 0.1) is 11.1 Å². The van der Waals surface area contributed by atoms with Gasteiger partial charge in [-0.1, -0.05) is 31.7 Å². The van der Waals surface area contributed by atoms with Crippen LogP contribution < -0.4 is 0 Å². The van der Waals surface area contributed by atoms with E-state index in [1.807, 2.05) is 6.92 Å². The number of halogens is 3. The van der Waals surface area contributed by atoms with Gasteiger partial charge in [-0.05, 0) is 24.6 Å². The van der Waals surface area contributed by atoms with Crippen molar-refractivity contribution in [3.63, 3.8) is 0 Å². The predicted octanol–water partition coefficient (Wildman–Crippen LogP) is 3.50. The zero-order valence-electron chi connectivity index (χ0n) is 15.4. The lowest BCUT2D eigenvalue weighted by Crippen LogP contribution is -2.56. The molecule has 1 aromatic carbocycles. The number of hydrogen-bond donors (Lipinski definition) is 0. The second kappa shape index (κ2) is 7.61. The largest absolute Gasteiger partial charge is 0.433 e. The van der Waals surface area contributed by atoms with Crippen molar-refractivity contribution in [1.82, 2.24) is 14.8 Å². The second-order valence-corrected chi connectivity index (χ2v) is 6.62. The number of carbonyl (C=O) groups excluding carboxylic acids is 2. The molecule has 1 aromatic heterocycles. The number of aromatic nitrogens is 1. The average Bonchev–Trinajstić information content (AvgIpc) is 2.70. The third kappa shape index (κ3) is 3.72. The van der Waals surface area contributed by atoms with Gasteiger partial charge >= 0.3 is 6.18 Å². The highest BCUT2D eigenvalue weighted by Gasteiger charge is 2.36. The summed E-state index contributed by atoms with van der Waals surface area (Å²) in [5.41, 5.74) is -1.00. The highest BCUT2D eigenvalue weighted by atomic mass is 19.4. The molecular formula is C20H20F3N3O2. The van der Waals surface area contributed by atoms with Crippen molar-refractivity contribution >= 4 is 22.7 Å². The number of nitrogens with zero attached hydrogens (tertiary/aromatic N) is 3. The van der Waals surface area contributed by atoms with E-state index in [-0.39, 0.29) is 29.6 Å². The van der Waals surface area contributed by atoms with Crippen LogP contribution in [-0.4, -0.2) is 52.3 Å². The summed E-state index contributed by atoms with van der Waals surface area (Å²) in [6.45, 7) is 6.22. The number of fused-ring (bicyclic) bond motifs is 1. The smallest absolute Gasteiger partial charge is 0.335 e. The molecule has 0 radical (unpaired) electrons. The van der Waals surface area contributed by atoms with Crippen molar-refractivity contribution < 1.29 is 22.8 Å². The third-order valence-corrected chi connectivity index (χ3v) is 4.94. The summed E-state index contributed by atoms with van der Waals surface area (Å²) >= 11 is 0. The first kappa shape index (κ1) is 19.9. The number of benzene rings is 1. The molecule has 2 heterocycles. The van der Waals surface area contributed by atoms with Gasteiger partial charge in [-0.2, -0.15) is 13.2 Å². The summed E-state index contributed by atoms with van der Waals surface area (Å²) in [5, 5.41) is 0.375. The topological polar surface area (TPSA) is 53.5 Å². The van der Waals surface area contributed by atoms with E-state index in [0.717, 1.165) is 6.07 Å². The molecular weight excluding hydrogens is 371 g/mol. The van der Waals surface area contributed by atoms with Crippen LogP contribution in [0.3, 0.4) is 0 Å². The van der Waals surface area contributed by atoms with Gasteiger partial charge in [0, 0.05) is 31.1 Å². The number of rotatable bonds is 3. The molecule has 28 heavy (non-hydrogen) atoms. The summed E-state index contributed by atoms with van der Waals surface area (Å²) in [6.07, 6.45) is -2.86. The van der Waals surface area contributed by atoms with Gasteiger partial charge in [0.1, 0.15) is 5.69 Å². The van der Waals surface area contributed by atoms with Crippen molar-refractivity contribution in [3.05, 3.63) is 54.2 Å². The molecule has 1 unspecified atom stereocenters. The minimum absolute atomic E-state index is 0.0279. The summed E-state index contributed by atoms with van der Waals surface area (Å²) in [5.74, 6) is -0.707. The summed E-state index contributed by atoms with van der Waals surface area (Å²) < 4.78 is 39.8. The van der Waals surface area contributed by atoms with E-state index in [4.69, 9.17) is 0 Å². The summed E-state index contributed by atoms with van der Waals surface area (Å²) in [7, 11) is 0. The van der Waals surface area contributed by atoms with Crippen molar-refractivity contribution in [2.45, 2.75) is 25.6 Å². The van der Waals surface area contributed by atoms with E-state index in [2.05, 4.69) is 11.6 Å². The van der Waals surface area contributed by atoms with E-state index in [9.17, 15) is 22.8 Å². The summed E-state index contributed by atoms with van der Waals surface area (Å²) in [4.78, 5) is 31.9. The van der Waals surface area contributed by atoms with Crippen LogP contribution in [0.25, 0.3) is 10.9 Å². The monoisotopic (exact) mass is 391 g/mol. The van der Waals surface area contributed by atoms with E-state index in [1.54, 1.807) is 28.0 Å². The Morgan fingerprint density at radius 1 is 1.29 bits per heavy atom. The predicted molar refractivity (Wildman–Crippen MR) is 98.6 cm³/mol. The van der Waals surface area contributed by atoms with Crippen LogP contribution >= 0.6 is 0 Å². The Hall–Kier alpha value is -2.90. The van der Waals surface area contributed by atoms with E-state index in [0.29, 0.717) is 24.9 Å². The minimum atomic E-state index is -4.65. The quantitative estimate of drug-likeness (QED) is 0.753. The Morgan fingerprint density at radius 3 is 2.64 bits per heavy atom. The molecule has 148 valence electrons. The van der Waals surface area contributed by atoms with Gasteiger partial charge in [-0.3, -0.25) is 9.59 Å². The van der Waals surface area contributed by atoms with E-state index < -0.39 is 17.8 Å². The number of hydrogen-bond acceptors (Lipinski definition) is 3. The fourth-order valence-corrected chi connectivity index (χ4v) is 3.45. The number of carbonyl (C=O) groups is 2. The molecule has 1 saturated heterocycles. The molecule has 2 aromatic rings.